The maximum absolute atomic E-state index is 12.2. The first-order valence-corrected chi connectivity index (χ1v) is 10.2. The van der Waals surface area contributed by atoms with Crippen LogP contribution in [0.2, 0.25) is 0 Å². The first kappa shape index (κ1) is 21.3. The topological polar surface area (TPSA) is 102 Å². The average Bonchev–Trinajstić information content (AvgIpc) is 2.59. The van der Waals surface area contributed by atoms with Crippen molar-refractivity contribution in [2.75, 3.05) is 26.2 Å². The lowest BCUT2D eigenvalue weighted by Crippen LogP contribution is -2.49. The van der Waals surface area contributed by atoms with Crippen molar-refractivity contribution in [3.8, 4) is 0 Å². The third-order valence-corrected chi connectivity index (χ3v) is 5.72. The highest BCUT2D eigenvalue weighted by molar-refractivity contribution is 7.89. The summed E-state index contributed by atoms with van der Waals surface area (Å²) in [4.78, 5) is 25.6. The van der Waals surface area contributed by atoms with Crippen molar-refractivity contribution in [2.24, 2.45) is 0 Å². The molecule has 1 aromatic rings. The lowest BCUT2D eigenvalue weighted by Gasteiger charge is -2.35. The molecule has 0 aliphatic carbocycles. The molecule has 0 aromatic heterocycles. The van der Waals surface area contributed by atoms with Crippen molar-refractivity contribution in [1.29, 1.82) is 0 Å². The first-order valence-electron chi connectivity index (χ1n) is 8.74. The Morgan fingerprint density at radius 1 is 1.19 bits per heavy atom. The van der Waals surface area contributed by atoms with E-state index in [4.69, 9.17) is 9.47 Å². The van der Waals surface area contributed by atoms with Crippen LogP contribution >= 0.6 is 0 Å². The molecule has 1 fully saturated rings. The maximum Gasteiger partial charge on any atom is 0.321 e. The summed E-state index contributed by atoms with van der Waals surface area (Å²) in [7, 11) is -3.83. The molecule has 2 unspecified atom stereocenters. The Balaban J connectivity index is 1.83. The summed E-state index contributed by atoms with van der Waals surface area (Å²) in [5.41, 5.74) is 1.80. The van der Waals surface area contributed by atoms with Crippen LogP contribution < -0.4 is 4.72 Å². The van der Waals surface area contributed by atoms with Crippen molar-refractivity contribution in [3.05, 3.63) is 29.3 Å². The van der Waals surface area contributed by atoms with Gasteiger partial charge in [0.05, 0.1) is 17.1 Å². The minimum Gasteiger partial charge on any atom is -0.455 e. The molecule has 1 aromatic carbocycles. The van der Waals surface area contributed by atoms with Gasteiger partial charge in [-0.15, -0.1) is 0 Å². The summed E-state index contributed by atoms with van der Waals surface area (Å²) in [5.74, 6) is -1.15. The standard InChI is InChI=1S/C18H26N2O6S/c1-12-5-6-16(7-13(12)2)27(23,24)19-8-18(22)25-11-17(21)20-9-14(3)26-15(4)10-20/h5-7,14-15,19H,8-11H2,1-4H3. The Kier molecular flexibility index (Phi) is 6.96. The number of rotatable bonds is 6. The van der Waals surface area contributed by atoms with E-state index >= 15 is 0 Å². The van der Waals surface area contributed by atoms with Crippen molar-refractivity contribution in [2.45, 2.75) is 44.8 Å². The highest BCUT2D eigenvalue weighted by Gasteiger charge is 2.26. The molecule has 0 spiro atoms. The SMILES string of the molecule is Cc1ccc(S(=O)(=O)NCC(=O)OCC(=O)N2CC(C)OC(C)C2)cc1C. The van der Waals surface area contributed by atoms with Crippen LogP contribution in [0.4, 0.5) is 0 Å². The van der Waals surface area contributed by atoms with Gasteiger partial charge in [-0.05, 0) is 51.0 Å². The molecule has 0 saturated carbocycles. The zero-order valence-corrected chi connectivity index (χ0v) is 16.8. The Morgan fingerprint density at radius 3 is 2.41 bits per heavy atom. The summed E-state index contributed by atoms with van der Waals surface area (Å²) >= 11 is 0. The number of ether oxygens (including phenoxy) is 2. The number of hydrogen-bond acceptors (Lipinski definition) is 6. The number of sulfonamides is 1. The summed E-state index contributed by atoms with van der Waals surface area (Å²) in [6.07, 6.45) is -0.170. The molecule has 27 heavy (non-hydrogen) atoms. The van der Waals surface area contributed by atoms with Gasteiger partial charge in [-0.3, -0.25) is 9.59 Å². The second-order valence-corrected chi connectivity index (χ2v) is 8.55. The van der Waals surface area contributed by atoms with Crippen LogP contribution in [0.5, 0.6) is 0 Å². The van der Waals surface area contributed by atoms with Gasteiger partial charge in [-0.2, -0.15) is 4.72 Å². The molecule has 1 heterocycles. The number of nitrogens with one attached hydrogen (secondary N) is 1. The van der Waals surface area contributed by atoms with Gasteiger partial charge >= 0.3 is 5.97 Å². The molecule has 1 amide bonds. The van der Waals surface area contributed by atoms with E-state index in [-0.39, 0.29) is 23.0 Å². The average molecular weight is 398 g/mol. The molecule has 150 valence electrons. The van der Waals surface area contributed by atoms with E-state index in [1.54, 1.807) is 11.0 Å². The molecule has 0 bridgehead atoms. The molecule has 2 rings (SSSR count). The lowest BCUT2D eigenvalue weighted by atomic mass is 10.1. The van der Waals surface area contributed by atoms with Gasteiger partial charge in [0.15, 0.2) is 6.61 Å². The van der Waals surface area contributed by atoms with Gasteiger partial charge in [-0.25, -0.2) is 8.42 Å². The number of aryl methyl sites for hydroxylation is 2. The molecule has 1 aliphatic heterocycles. The fourth-order valence-corrected chi connectivity index (χ4v) is 3.84. The number of carbonyl (C=O) groups is 2. The number of hydrogen-bond donors (Lipinski definition) is 1. The van der Waals surface area contributed by atoms with Gasteiger partial charge in [0.25, 0.3) is 5.91 Å². The minimum atomic E-state index is -3.83. The zero-order chi connectivity index (χ0) is 20.2. The Bertz CT molecular complexity index is 798. The minimum absolute atomic E-state index is 0.0748. The second-order valence-electron chi connectivity index (χ2n) is 6.79. The Hall–Kier alpha value is -1.97. The van der Waals surface area contributed by atoms with Gasteiger partial charge in [0.2, 0.25) is 10.0 Å². The molecule has 8 nitrogen and oxygen atoms in total. The number of carbonyl (C=O) groups excluding carboxylic acids is 2. The molecule has 1 saturated heterocycles. The summed E-state index contributed by atoms with van der Waals surface area (Å²) in [6, 6.07) is 4.71. The molecular weight excluding hydrogens is 372 g/mol. The number of amides is 1. The molecule has 0 radical (unpaired) electrons. The summed E-state index contributed by atoms with van der Waals surface area (Å²) in [5, 5.41) is 0. The molecule has 9 heteroatoms. The summed E-state index contributed by atoms with van der Waals surface area (Å²) in [6.45, 7) is 7.31. The van der Waals surface area contributed by atoms with E-state index in [9.17, 15) is 18.0 Å². The lowest BCUT2D eigenvalue weighted by molar-refractivity contribution is -0.156. The van der Waals surface area contributed by atoms with E-state index in [2.05, 4.69) is 4.72 Å². The van der Waals surface area contributed by atoms with E-state index in [1.807, 2.05) is 27.7 Å². The fraction of sp³-hybridized carbons (Fsp3) is 0.556. The fourth-order valence-electron chi connectivity index (χ4n) is 2.78. The largest absolute Gasteiger partial charge is 0.455 e. The number of esters is 1. The van der Waals surface area contributed by atoms with Crippen LogP contribution in [0, 0.1) is 13.8 Å². The van der Waals surface area contributed by atoms with Crippen LogP contribution in [0.1, 0.15) is 25.0 Å². The molecule has 1 aliphatic rings. The maximum atomic E-state index is 12.2. The monoisotopic (exact) mass is 398 g/mol. The normalized spacial score (nSPS) is 20.4. The van der Waals surface area contributed by atoms with Crippen molar-refractivity contribution in [1.82, 2.24) is 9.62 Å². The molecule has 1 N–H and O–H groups in total. The van der Waals surface area contributed by atoms with Gasteiger partial charge < -0.3 is 14.4 Å². The highest BCUT2D eigenvalue weighted by atomic mass is 32.2. The predicted octanol–water partition coefficient (Wildman–Crippen LogP) is 0.761. The van der Waals surface area contributed by atoms with Gasteiger partial charge in [-0.1, -0.05) is 6.07 Å². The van der Waals surface area contributed by atoms with E-state index < -0.39 is 29.1 Å². The van der Waals surface area contributed by atoms with Crippen molar-refractivity contribution in [3.63, 3.8) is 0 Å². The van der Waals surface area contributed by atoms with Crippen LogP contribution in [0.3, 0.4) is 0 Å². The van der Waals surface area contributed by atoms with Crippen LogP contribution in [0.25, 0.3) is 0 Å². The van der Waals surface area contributed by atoms with Crippen molar-refractivity contribution < 1.29 is 27.5 Å². The number of morpholine rings is 1. The quantitative estimate of drug-likeness (QED) is 0.710. The predicted molar refractivity (Wildman–Crippen MR) is 98.7 cm³/mol. The van der Waals surface area contributed by atoms with E-state index in [1.165, 1.54) is 12.1 Å². The van der Waals surface area contributed by atoms with Crippen LogP contribution in [0.15, 0.2) is 23.1 Å². The van der Waals surface area contributed by atoms with E-state index in [0.717, 1.165) is 11.1 Å². The highest BCUT2D eigenvalue weighted by Crippen LogP contribution is 2.14. The smallest absolute Gasteiger partial charge is 0.321 e. The molecular formula is C18H26N2O6S. The Labute approximate surface area is 159 Å². The number of nitrogens with zero attached hydrogens (tertiary/aromatic N) is 1. The first-order chi connectivity index (χ1) is 12.6. The summed E-state index contributed by atoms with van der Waals surface area (Å²) < 4.78 is 37.1. The van der Waals surface area contributed by atoms with Crippen LogP contribution in [-0.2, 0) is 29.1 Å². The molecule has 2 atom stereocenters. The Morgan fingerprint density at radius 2 is 1.81 bits per heavy atom. The van der Waals surface area contributed by atoms with E-state index in [0.29, 0.717) is 13.1 Å². The zero-order valence-electron chi connectivity index (χ0n) is 16.0. The second kappa shape index (κ2) is 8.81. The van der Waals surface area contributed by atoms with Crippen LogP contribution in [-0.4, -0.2) is 63.6 Å². The van der Waals surface area contributed by atoms with Gasteiger partial charge in [0.1, 0.15) is 6.54 Å². The third kappa shape index (κ3) is 6.02. The number of benzene rings is 1. The third-order valence-electron chi connectivity index (χ3n) is 4.32. The van der Waals surface area contributed by atoms with Crippen molar-refractivity contribution >= 4 is 21.9 Å². The van der Waals surface area contributed by atoms with Gasteiger partial charge in [0, 0.05) is 13.1 Å².